The lowest BCUT2D eigenvalue weighted by Crippen LogP contribution is -1.95. The van der Waals surface area contributed by atoms with Crippen LogP contribution in [0.5, 0.6) is 0 Å². The van der Waals surface area contributed by atoms with Crippen LogP contribution in [-0.4, -0.2) is 22.2 Å². The fraction of sp³-hybridized carbons (Fsp3) is 0.0769. The minimum Gasteiger partial charge on any atom is -0.384 e. The van der Waals surface area contributed by atoms with E-state index in [0.717, 1.165) is 22.0 Å². The van der Waals surface area contributed by atoms with Gasteiger partial charge in [0, 0.05) is 24.2 Å². The number of nitrogens with one attached hydrogen (secondary N) is 2. The van der Waals surface area contributed by atoms with E-state index in [1.807, 2.05) is 18.2 Å². The molecule has 2 aromatic heterocycles. The Morgan fingerprint density at radius 3 is 2.89 bits per heavy atom. The molecule has 6 heteroatoms. The highest BCUT2D eigenvalue weighted by Crippen LogP contribution is 2.27. The number of halogens is 1. The number of pyridine rings is 1. The molecule has 0 amide bonds. The van der Waals surface area contributed by atoms with Gasteiger partial charge in [0.05, 0.1) is 11.2 Å². The van der Waals surface area contributed by atoms with E-state index in [-0.39, 0.29) is 0 Å². The number of nitrogens with zero attached hydrogens (tertiary/aromatic N) is 2. The number of hydrogen-bond donors (Lipinski definition) is 3. The zero-order valence-corrected chi connectivity index (χ0v) is 10.2. The first-order valence-corrected chi connectivity index (χ1v) is 5.76. The summed E-state index contributed by atoms with van der Waals surface area (Å²) in [6.07, 6.45) is 1.49. The molecule has 0 bridgehead atoms. The van der Waals surface area contributed by atoms with Gasteiger partial charge in [0.25, 0.3) is 0 Å². The van der Waals surface area contributed by atoms with Gasteiger partial charge in [-0.2, -0.15) is 9.49 Å². The van der Waals surface area contributed by atoms with Crippen LogP contribution in [0.2, 0.25) is 0 Å². The van der Waals surface area contributed by atoms with Crippen LogP contribution in [0.25, 0.3) is 22.0 Å². The van der Waals surface area contributed by atoms with Crippen molar-refractivity contribution in [2.24, 2.45) is 0 Å². The van der Waals surface area contributed by atoms with E-state index in [1.165, 1.54) is 6.20 Å². The standard InChI is InChI=1S/C13H12FN5/c1-16-11-5-8(6-17-12(11)14)7-2-3-10-9(4-7)13(15)19-18-10/h2-6,16H,1H3,(H3,15,18,19). The second-order valence-electron chi connectivity index (χ2n) is 4.18. The summed E-state index contributed by atoms with van der Waals surface area (Å²) in [5, 5.41) is 10.4. The maximum Gasteiger partial charge on any atom is 0.236 e. The van der Waals surface area contributed by atoms with Crippen LogP contribution in [0.3, 0.4) is 0 Å². The van der Waals surface area contributed by atoms with E-state index in [1.54, 1.807) is 13.1 Å². The number of rotatable bonds is 2. The van der Waals surface area contributed by atoms with Crippen molar-refractivity contribution in [3.05, 3.63) is 36.4 Å². The molecule has 0 fully saturated rings. The molecule has 0 aliphatic rings. The van der Waals surface area contributed by atoms with Crippen LogP contribution >= 0.6 is 0 Å². The van der Waals surface area contributed by atoms with Crippen molar-refractivity contribution in [3.63, 3.8) is 0 Å². The molecular weight excluding hydrogens is 245 g/mol. The molecule has 0 unspecified atom stereocenters. The molecule has 96 valence electrons. The lowest BCUT2D eigenvalue weighted by molar-refractivity contribution is 0.588. The summed E-state index contributed by atoms with van der Waals surface area (Å²) in [4.78, 5) is 3.73. The van der Waals surface area contributed by atoms with E-state index >= 15 is 0 Å². The van der Waals surface area contributed by atoms with Crippen molar-refractivity contribution >= 4 is 22.4 Å². The largest absolute Gasteiger partial charge is 0.384 e. The summed E-state index contributed by atoms with van der Waals surface area (Å²) in [6.45, 7) is 0. The molecule has 19 heavy (non-hydrogen) atoms. The van der Waals surface area contributed by atoms with Gasteiger partial charge in [-0.3, -0.25) is 5.10 Å². The van der Waals surface area contributed by atoms with Gasteiger partial charge in [-0.25, -0.2) is 4.98 Å². The molecular formula is C13H12FN5. The van der Waals surface area contributed by atoms with Crippen molar-refractivity contribution in [3.8, 4) is 11.1 Å². The highest BCUT2D eigenvalue weighted by Gasteiger charge is 2.08. The Hall–Kier alpha value is -2.63. The lowest BCUT2D eigenvalue weighted by Gasteiger charge is -2.06. The number of anilines is 2. The van der Waals surface area contributed by atoms with Crippen molar-refractivity contribution in [1.29, 1.82) is 0 Å². The molecule has 0 radical (unpaired) electrons. The zero-order chi connectivity index (χ0) is 13.4. The topological polar surface area (TPSA) is 79.6 Å². The highest BCUT2D eigenvalue weighted by molar-refractivity contribution is 5.92. The van der Waals surface area contributed by atoms with Gasteiger partial charge in [0.1, 0.15) is 0 Å². The van der Waals surface area contributed by atoms with E-state index in [0.29, 0.717) is 11.5 Å². The average molecular weight is 257 g/mol. The van der Waals surface area contributed by atoms with Gasteiger partial charge in [0.2, 0.25) is 5.95 Å². The number of aromatic nitrogens is 3. The summed E-state index contributed by atoms with van der Waals surface area (Å²) in [5.41, 5.74) is 8.72. The summed E-state index contributed by atoms with van der Waals surface area (Å²) >= 11 is 0. The predicted octanol–water partition coefficient (Wildman–Crippen LogP) is 2.39. The number of nitrogen functional groups attached to an aromatic ring is 1. The highest BCUT2D eigenvalue weighted by atomic mass is 19.1. The Morgan fingerprint density at radius 2 is 2.11 bits per heavy atom. The second-order valence-corrected chi connectivity index (χ2v) is 4.18. The molecule has 4 N–H and O–H groups in total. The van der Waals surface area contributed by atoms with Gasteiger partial charge in [0.15, 0.2) is 5.82 Å². The quantitative estimate of drug-likeness (QED) is 0.616. The number of benzene rings is 1. The molecule has 1 aromatic carbocycles. The molecule has 2 heterocycles. The minimum atomic E-state index is -0.518. The van der Waals surface area contributed by atoms with Crippen LogP contribution in [0, 0.1) is 5.95 Å². The molecule has 0 saturated carbocycles. The first kappa shape index (κ1) is 11.5. The van der Waals surface area contributed by atoms with E-state index in [4.69, 9.17) is 5.73 Å². The molecule has 3 rings (SSSR count). The molecule has 3 aromatic rings. The zero-order valence-electron chi connectivity index (χ0n) is 10.2. The Labute approximate surface area is 108 Å². The third-order valence-electron chi connectivity index (χ3n) is 3.03. The summed E-state index contributed by atoms with van der Waals surface area (Å²) in [6, 6.07) is 7.41. The van der Waals surface area contributed by atoms with Gasteiger partial charge in [-0.15, -0.1) is 0 Å². The molecule has 0 saturated heterocycles. The fourth-order valence-corrected chi connectivity index (χ4v) is 2.00. The molecule has 0 aliphatic carbocycles. The smallest absolute Gasteiger partial charge is 0.236 e. The SMILES string of the molecule is CNc1cc(-c2ccc3[nH]nc(N)c3c2)cnc1F. The van der Waals surface area contributed by atoms with Crippen molar-refractivity contribution in [1.82, 2.24) is 15.2 Å². The van der Waals surface area contributed by atoms with Crippen LogP contribution in [0.4, 0.5) is 15.9 Å². The normalized spacial score (nSPS) is 10.8. The van der Waals surface area contributed by atoms with Crippen molar-refractivity contribution in [2.45, 2.75) is 0 Å². The number of aromatic amines is 1. The van der Waals surface area contributed by atoms with Crippen molar-refractivity contribution in [2.75, 3.05) is 18.1 Å². The van der Waals surface area contributed by atoms with Gasteiger partial charge in [-0.1, -0.05) is 6.07 Å². The third kappa shape index (κ3) is 1.87. The number of hydrogen-bond acceptors (Lipinski definition) is 4. The van der Waals surface area contributed by atoms with E-state index < -0.39 is 5.95 Å². The third-order valence-corrected chi connectivity index (χ3v) is 3.03. The monoisotopic (exact) mass is 257 g/mol. The summed E-state index contributed by atoms with van der Waals surface area (Å²) in [7, 11) is 1.65. The Morgan fingerprint density at radius 1 is 1.26 bits per heavy atom. The first-order valence-electron chi connectivity index (χ1n) is 5.76. The number of fused-ring (bicyclic) bond motifs is 1. The lowest BCUT2D eigenvalue weighted by atomic mass is 10.1. The second kappa shape index (κ2) is 4.24. The minimum absolute atomic E-state index is 0.359. The maximum absolute atomic E-state index is 13.3. The fourth-order valence-electron chi connectivity index (χ4n) is 2.00. The first-order chi connectivity index (χ1) is 9.19. The summed E-state index contributed by atoms with van der Waals surface area (Å²) in [5.74, 6) is -0.0732. The number of nitrogens with two attached hydrogens (primary N) is 1. The Bertz CT molecular complexity index is 750. The predicted molar refractivity (Wildman–Crippen MR) is 73.2 cm³/mol. The Balaban J connectivity index is 2.15. The van der Waals surface area contributed by atoms with Gasteiger partial charge >= 0.3 is 0 Å². The van der Waals surface area contributed by atoms with Crippen LogP contribution < -0.4 is 11.1 Å². The van der Waals surface area contributed by atoms with Crippen LogP contribution in [0.1, 0.15) is 0 Å². The molecule has 5 nitrogen and oxygen atoms in total. The van der Waals surface area contributed by atoms with E-state index in [9.17, 15) is 4.39 Å². The van der Waals surface area contributed by atoms with Gasteiger partial charge in [-0.05, 0) is 23.8 Å². The van der Waals surface area contributed by atoms with E-state index in [2.05, 4.69) is 20.5 Å². The maximum atomic E-state index is 13.3. The molecule has 0 spiro atoms. The number of H-pyrrole nitrogens is 1. The van der Waals surface area contributed by atoms with Crippen LogP contribution in [-0.2, 0) is 0 Å². The summed E-state index contributed by atoms with van der Waals surface area (Å²) < 4.78 is 13.3. The van der Waals surface area contributed by atoms with Crippen molar-refractivity contribution < 1.29 is 4.39 Å². The molecule has 0 atom stereocenters. The van der Waals surface area contributed by atoms with Gasteiger partial charge < -0.3 is 11.1 Å². The Kier molecular flexibility index (Phi) is 2.56. The molecule has 0 aliphatic heterocycles. The average Bonchev–Trinajstić information content (AvgIpc) is 2.80. The van der Waals surface area contributed by atoms with Crippen LogP contribution in [0.15, 0.2) is 30.5 Å².